The second-order valence-corrected chi connectivity index (χ2v) is 5.76. The van der Waals surface area contributed by atoms with E-state index in [0.29, 0.717) is 5.52 Å². The molecule has 0 atom stereocenters. The van der Waals surface area contributed by atoms with Gasteiger partial charge in [0.2, 0.25) is 11.7 Å². The third-order valence-corrected chi connectivity index (χ3v) is 4.71. The van der Waals surface area contributed by atoms with Gasteiger partial charge in [0.15, 0.2) is 5.13 Å². The lowest BCUT2D eigenvalue weighted by Gasteiger charge is -2.25. The van der Waals surface area contributed by atoms with Crippen molar-refractivity contribution in [1.82, 2.24) is 4.98 Å². The van der Waals surface area contributed by atoms with Crippen LogP contribution in [0.4, 0.5) is 5.13 Å². The summed E-state index contributed by atoms with van der Waals surface area (Å²) in [6, 6.07) is 7.66. The first-order valence-electron chi connectivity index (χ1n) is 6.57. The second-order valence-electron chi connectivity index (χ2n) is 4.78. The summed E-state index contributed by atoms with van der Waals surface area (Å²) in [5.41, 5.74) is 1.46. The predicted molar refractivity (Wildman–Crippen MR) is 79.1 cm³/mol. The zero-order chi connectivity index (χ0) is 13.5. The molecule has 1 saturated heterocycles. The number of hydrogen-bond donors (Lipinski definition) is 0. The predicted octanol–water partition coefficient (Wildman–Crippen LogP) is 1.92. The van der Waals surface area contributed by atoms with Crippen LogP contribution in [0.25, 0.3) is 21.1 Å². The number of nitrogens with zero attached hydrogens (tertiary/aromatic N) is 3. The molecule has 0 radical (unpaired) electrons. The van der Waals surface area contributed by atoms with Gasteiger partial charge in [-0.15, -0.1) is 0 Å². The smallest absolute Gasteiger partial charge is 0.225 e. The quantitative estimate of drug-likeness (QED) is 0.507. The van der Waals surface area contributed by atoms with Gasteiger partial charge >= 0.3 is 0 Å². The lowest BCUT2D eigenvalue weighted by atomic mass is 10.2. The van der Waals surface area contributed by atoms with Gasteiger partial charge in [-0.3, -0.25) is 0 Å². The normalized spacial score (nSPS) is 16.1. The lowest BCUT2D eigenvalue weighted by molar-refractivity contribution is -0.575. The molecule has 0 unspecified atom stereocenters. The first-order chi connectivity index (χ1) is 9.83. The van der Waals surface area contributed by atoms with Crippen molar-refractivity contribution < 1.29 is 9.47 Å². The Labute approximate surface area is 119 Å². The van der Waals surface area contributed by atoms with Gasteiger partial charge in [-0.1, -0.05) is 23.5 Å². The number of ether oxygens (including phenoxy) is 1. The van der Waals surface area contributed by atoms with E-state index in [-0.39, 0.29) is 0 Å². The first kappa shape index (κ1) is 11.9. The average molecular weight is 287 g/mol. The van der Waals surface area contributed by atoms with Crippen LogP contribution in [0.2, 0.25) is 0 Å². The van der Waals surface area contributed by atoms with Gasteiger partial charge in [0.05, 0.1) is 23.3 Å². The zero-order valence-electron chi connectivity index (χ0n) is 10.8. The second kappa shape index (κ2) is 4.57. The molecule has 0 spiro atoms. The molecule has 1 fully saturated rings. The molecule has 0 aliphatic carbocycles. The number of aromatic nitrogens is 2. The highest BCUT2D eigenvalue weighted by Crippen LogP contribution is 2.33. The maximum absolute atomic E-state index is 12.0. The molecule has 20 heavy (non-hydrogen) atoms. The largest absolute Gasteiger partial charge is 0.618 e. The van der Waals surface area contributed by atoms with E-state index >= 15 is 0 Å². The van der Waals surface area contributed by atoms with E-state index in [1.807, 2.05) is 24.3 Å². The third kappa shape index (κ3) is 1.80. The maximum atomic E-state index is 12.0. The van der Waals surface area contributed by atoms with Crippen molar-refractivity contribution in [2.45, 2.75) is 0 Å². The fraction of sp³-hybridized carbons (Fsp3) is 0.286. The van der Waals surface area contributed by atoms with Crippen LogP contribution in [-0.2, 0) is 4.74 Å². The van der Waals surface area contributed by atoms with Gasteiger partial charge in [0, 0.05) is 19.2 Å². The molecule has 0 N–H and O–H groups in total. The van der Waals surface area contributed by atoms with Crippen LogP contribution in [0.15, 0.2) is 30.5 Å². The average Bonchev–Trinajstić information content (AvgIpc) is 2.93. The van der Waals surface area contributed by atoms with E-state index < -0.39 is 0 Å². The Hall–Kier alpha value is -1.92. The Morgan fingerprint density at radius 1 is 1.25 bits per heavy atom. The molecule has 0 bridgehead atoms. The number of fused-ring (bicyclic) bond motifs is 3. The summed E-state index contributed by atoms with van der Waals surface area (Å²) in [5.74, 6) is 0. The highest BCUT2D eigenvalue weighted by Gasteiger charge is 2.19. The molecule has 0 amide bonds. The minimum absolute atomic E-state index is 0.692. The Morgan fingerprint density at radius 2 is 2.05 bits per heavy atom. The number of rotatable bonds is 1. The standard InChI is InChI=1S/C14H13N3O2S/c18-17-9-11-13(10-3-1-2-4-12(10)17)20-14(15-11)16-5-7-19-8-6-16/h1-4,9H,5-8H2. The number of benzene rings is 1. The van der Waals surface area contributed by atoms with Gasteiger partial charge in [0.1, 0.15) is 5.52 Å². The van der Waals surface area contributed by atoms with Gasteiger partial charge in [-0.25, -0.2) is 4.98 Å². The van der Waals surface area contributed by atoms with Crippen molar-refractivity contribution in [3.63, 3.8) is 0 Å². The molecular weight excluding hydrogens is 274 g/mol. The van der Waals surface area contributed by atoms with Crippen LogP contribution in [0, 0.1) is 5.21 Å². The molecule has 4 rings (SSSR count). The molecule has 1 aliphatic heterocycles. The Morgan fingerprint density at radius 3 is 2.90 bits per heavy atom. The molecule has 3 aromatic rings. The SMILES string of the molecule is [O-][n+]1cc2nc(N3CCOCC3)sc2c2ccccc21. The van der Waals surface area contributed by atoms with Crippen molar-refractivity contribution in [3.05, 3.63) is 35.7 Å². The molecular formula is C14H13N3O2S. The van der Waals surface area contributed by atoms with Crippen molar-refractivity contribution in [1.29, 1.82) is 0 Å². The van der Waals surface area contributed by atoms with Crippen molar-refractivity contribution in [2.24, 2.45) is 0 Å². The van der Waals surface area contributed by atoms with Gasteiger partial charge in [-0.2, -0.15) is 4.73 Å². The zero-order valence-corrected chi connectivity index (χ0v) is 11.6. The number of para-hydroxylation sites is 1. The van der Waals surface area contributed by atoms with Gasteiger partial charge in [0.25, 0.3) is 0 Å². The van der Waals surface area contributed by atoms with Crippen molar-refractivity contribution in [2.75, 3.05) is 31.2 Å². The van der Waals surface area contributed by atoms with Crippen LogP contribution < -0.4 is 9.63 Å². The molecule has 3 heterocycles. The van der Waals surface area contributed by atoms with Crippen LogP contribution >= 0.6 is 11.3 Å². The molecule has 5 nitrogen and oxygen atoms in total. The van der Waals surface area contributed by atoms with E-state index in [2.05, 4.69) is 9.88 Å². The van der Waals surface area contributed by atoms with E-state index in [9.17, 15) is 5.21 Å². The summed E-state index contributed by atoms with van der Waals surface area (Å²) in [5, 5.41) is 14.0. The molecule has 1 aromatic carbocycles. The summed E-state index contributed by atoms with van der Waals surface area (Å²) in [7, 11) is 0. The Bertz CT molecular complexity index is 781. The monoisotopic (exact) mass is 287 g/mol. The molecule has 1 aliphatic rings. The van der Waals surface area contributed by atoms with E-state index in [1.54, 1.807) is 17.5 Å². The molecule has 2 aromatic heterocycles. The summed E-state index contributed by atoms with van der Waals surface area (Å²) < 4.78 is 7.35. The summed E-state index contributed by atoms with van der Waals surface area (Å²) in [6.07, 6.45) is 1.57. The third-order valence-electron chi connectivity index (χ3n) is 3.55. The summed E-state index contributed by atoms with van der Waals surface area (Å²) >= 11 is 1.65. The Kier molecular flexibility index (Phi) is 2.71. The Balaban J connectivity index is 1.92. The number of hydrogen-bond acceptors (Lipinski definition) is 5. The molecule has 0 saturated carbocycles. The van der Waals surface area contributed by atoms with Crippen LogP contribution in [0.5, 0.6) is 0 Å². The first-order valence-corrected chi connectivity index (χ1v) is 7.39. The summed E-state index contributed by atoms with van der Waals surface area (Å²) in [6.45, 7) is 3.18. The minimum Gasteiger partial charge on any atom is -0.618 e. The fourth-order valence-corrected chi connectivity index (χ4v) is 3.65. The maximum Gasteiger partial charge on any atom is 0.225 e. The molecule has 6 heteroatoms. The highest BCUT2D eigenvalue weighted by molar-refractivity contribution is 7.23. The number of anilines is 1. The van der Waals surface area contributed by atoms with E-state index in [1.165, 1.54) is 0 Å². The van der Waals surface area contributed by atoms with E-state index in [0.717, 1.165) is 51.8 Å². The fourth-order valence-electron chi connectivity index (χ4n) is 2.53. The van der Waals surface area contributed by atoms with Gasteiger partial charge < -0.3 is 14.8 Å². The van der Waals surface area contributed by atoms with Crippen LogP contribution in [0.3, 0.4) is 0 Å². The summed E-state index contributed by atoms with van der Waals surface area (Å²) in [4.78, 5) is 6.84. The minimum atomic E-state index is 0.692. The number of thiazole rings is 1. The molecule has 102 valence electrons. The van der Waals surface area contributed by atoms with Crippen LogP contribution in [0.1, 0.15) is 0 Å². The topological polar surface area (TPSA) is 52.3 Å². The van der Waals surface area contributed by atoms with Crippen LogP contribution in [-0.4, -0.2) is 31.3 Å². The van der Waals surface area contributed by atoms with Crippen molar-refractivity contribution >= 4 is 37.6 Å². The highest BCUT2D eigenvalue weighted by atomic mass is 32.1. The van der Waals surface area contributed by atoms with E-state index in [4.69, 9.17) is 4.74 Å². The number of pyridine rings is 1. The van der Waals surface area contributed by atoms with Crippen molar-refractivity contribution in [3.8, 4) is 0 Å². The van der Waals surface area contributed by atoms with Gasteiger partial charge in [-0.05, 0) is 6.07 Å². The number of morpholine rings is 1. The lowest BCUT2D eigenvalue weighted by Crippen LogP contribution is -2.36.